The second-order valence-corrected chi connectivity index (χ2v) is 17.4. The number of quaternary nitrogens is 1. The van der Waals surface area contributed by atoms with Crippen LogP contribution in [-0.4, -0.2) is 80.6 Å². The largest absolute Gasteiger partial charge is 0.477 e. The minimum Gasteiger partial charge on any atom is -0.477 e. The van der Waals surface area contributed by atoms with E-state index < -0.39 is 18.1 Å². The number of ether oxygens (including phenoxy) is 3. The molecule has 0 amide bonds. The molecule has 2 unspecified atom stereocenters. The molecule has 1 N–H and O–H groups in total. The summed E-state index contributed by atoms with van der Waals surface area (Å²) < 4.78 is 17.3. The van der Waals surface area contributed by atoms with Crippen LogP contribution in [0.1, 0.15) is 213 Å². The van der Waals surface area contributed by atoms with Gasteiger partial charge < -0.3 is 23.8 Å². The predicted molar refractivity (Wildman–Crippen MR) is 243 cm³/mol. The molecule has 0 aromatic heterocycles. The second-order valence-electron chi connectivity index (χ2n) is 17.4. The summed E-state index contributed by atoms with van der Waals surface area (Å²) in [5.41, 5.74) is 0. The summed E-state index contributed by atoms with van der Waals surface area (Å²) in [6, 6.07) is -0.614. The standard InChI is InChI=1S/C50H91NO7/c1-6-8-10-12-14-16-18-20-21-22-23-24-25-26-27-28-29-31-33-35-37-39-41-49(53)58-46(44-56-43-42-47(50(54)55)51(3,4)5)45-57-48(52)40-38-36-34-32-30-19-17-15-13-11-9-7-2/h14,16,20-21,23-24,46-47H,6-13,15,17-19,22,25-45H2,1-5H3/p+1/b16-14+,21-20+,24-23+. The first-order valence-corrected chi connectivity index (χ1v) is 24.0. The van der Waals surface area contributed by atoms with Crippen molar-refractivity contribution in [1.29, 1.82) is 0 Å². The van der Waals surface area contributed by atoms with E-state index in [0.717, 1.165) is 57.8 Å². The lowest BCUT2D eigenvalue weighted by atomic mass is 10.0. The molecular formula is C50H92NO7+. The summed E-state index contributed by atoms with van der Waals surface area (Å²) in [5.74, 6) is -1.47. The summed E-state index contributed by atoms with van der Waals surface area (Å²) in [7, 11) is 5.53. The summed E-state index contributed by atoms with van der Waals surface area (Å²) >= 11 is 0. The summed E-state index contributed by atoms with van der Waals surface area (Å²) in [6.07, 6.45) is 47.5. The van der Waals surface area contributed by atoms with E-state index in [4.69, 9.17) is 14.2 Å². The number of carbonyl (C=O) groups is 3. The molecule has 0 aliphatic carbocycles. The Bertz CT molecular complexity index is 1050. The van der Waals surface area contributed by atoms with Crippen LogP contribution in [0.2, 0.25) is 0 Å². The zero-order chi connectivity index (χ0) is 42.8. The average molecular weight is 819 g/mol. The van der Waals surface area contributed by atoms with Gasteiger partial charge in [0.1, 0.15) is 6.61 Å². The van der Waals surface area contributed by atoms with E-state index >= 15 is 0 Å². The van der Waals surface area contributed by atoms with Crippen LogP contribution < -0.4 is 0 Å². The molecule has 0 radical (unpaired) electrons. The Kier molecular flexibility index (Phi) is 39.5. The molecule has 0 aromatic rings. The Hall–Kier alpha value is -2.45. The molecule has 338 valence electrons. The Morgan fingerprint density at radius 3 is 1.38 bits per heavy atom. The van der Waals surface area contributed by atoms with Crippen molar-refractivity contribution in [3.05, 3.63) is 36.5 Å². The van der Waals surface area contributed by atoms with Gasteiger partial charge in [-0.1, -0.05) is 179 Å². The molecule has 0 saturated carbocycles. The Labute approximate surface area is 357 Å². The van der Waals surface area contributed by atoms with Gasteiger partial charge in [-0.2, -0.15) is 0 Å². The molecule has 0 spiro atoms. The van der Waals surface area contributed by atoms with Crippen molar-refractivity contribution in [2.75, 3.05) is 41.0 Å². The van der Waals surface area contributed by atoms with E-state index in [0.29, 0.717) is 19.3 Å². The van der Waals surface area contributed by atoms with Crippen LogP contribution in [0, 0.1) is 0 Å². The lowest BCUT2D eigenvalue weighted by Crippen LogP contribution is -2.50. The zero-order valence-electron chi connectivity index (χ0n) is 38.5. The number of allylic oxidation sites excluding steroid dienone is 6. The van der Waals surface area contributed by atoms with Gasteiger partial charge in [0.2, 0.25) is 0 Å². The molecular weight excluding hydrogens is 727 g/mol. The van der Waals surface area contributed by atoms with Crippen molar-refractivity contribution in [1.82, 2.24) is 0 Å². The molecule has 8 nitrogen and oxygen atoms in total. The number of rotatable bonds is 43. The molecule has 0 fully saturated rings. The van der Waals surface area contributed by atoms with Crippen LogP contribution >= 0.6 is 0 Å². The summed E-state index contributed by atoms with van der Waals surface area (Å²) in [4.78, 5) is 37.0. The fraction of sp³-hybridized carbons (Fsp3) is 0.820. The number of esters is 2. The molecule has 2 atom stereocenters. The van der Waals surface area contributed by atoms with Crippen molar-refractivity contribution in [3.63, 3.8) is 0 Å². The third kappa shape index (κ3) is 39.0. The molecule has 8 heteroatoms. The molecule has 58 heavy (non-hydrogen) atoms. The highest BCUT2D eigenvalue weighted by Crippen LogP contribution is 2.15. The maximum atomic E-state index is 12.8. The molecule has 0 bridgehead atoms. The topological polar surface area (TPSA) is 99.1 Å². The Balaban J connectivity index is 4.25. The maximum absolute atomic E-state index is 12.8. The molecule has 0 aromatic carbocycles. The van der Waals surface area contributed by atoms with Gasteiger partial charge in [0.25, 0.3) is 0 Å². The lowest BCUT2D eigenvalue weighted by Gasteiger charge is -2.31. The van der Waals surface area contributed by atoms with Crippen molar-refractivity contribution in [2.24, 2.45) is 0 Å². The van der Waals surface area contributed by atoms with Crippen molar-refractivity contribution in [3.8, 4) is 0 Å². The van der Waals surface area contributed by atoms with Gasteiger partial charge in [-0.15, -0.1) is 0 Å². The molecule has 0 aliphatic rings. The van der Waals surface area contributed by atoms with E-state index in [1.54, 1.807) is 0 Å². The first kappa shape index (κ1) is 55.5. The molecule has 0 saturated heterocycles. The van der Waals surface area contributed by atoms with Gasteiger partial charge in [-0.25, -0.2) is 4.79 Å². The number of carbonyl (C=O) groups excluding carboxylic acids is 2. The number of carboxylic acids is 1. The predicted octanol–water partition coefficient (Wildman–Crippen LogP) is 13.4. The number of nitrogens with zero attached hydrogens (tertiary/aromatic N) is 1. The Morgan fingerprint density at radius 1 is 0.517 bits per heavy atom. The SMILES string of the molecule is CCCCC/C=C/C/C=C/C/C=C/CCCCCCCCCCCC(=O)OC(COCCC(C(=O)O)[N+](C)(C)C)COC(=O)CCCCCCCCCCCCCC. The van der Waals surface area contributed by atoms with Crippen LogP contribution in [0.4, 0.5) is 0 Å². The number of hydrogen-bond acceptors (Lipinski definition) is 6. The lowest BCUT2D eigenvalue weighted by molar-refractivity contribution is -0.887. The van der Waals surface area contributed by atoms with Gasteiger partial charge in [0, 0.05) is 19.3 Å². The smallest absolute Gasteiger partial charge is 0.362 e. The van der Waals surface area contributed by atoms with Crippen molar-refractivity contribution in [2.45, 2.75) is 225 Å². The number of likely N-dealkylation sites (N-methyl/N-ethyl adjacent to an activating group) is 1. The first-order valence-electron chi connectivity index (χ1n) is 24.0. The van der Waals surface area contributed by atoms with Crippen molar-refractivity contribution < 1.29 is 38.2 Å². The Morgan fingerprint density at radius 2 is 0.914 bits per heavy atom. The second kappa shape index (κ2) is 41.3. The van der Waals surface area contributed by atoms with Crippen LogP contribution in [0.5, 0.6) is 0 Å². The maximum Gasteiger partial charge on any atom is 0.362 e. The number of carboxylic acid groups (broad SMARTS) is 1. The highest BCUT2D eigenvalue weighted by atomic mass is 16.6. The minimum atomic E-state index is -0.875. The van der Waals surface area contributed by atoms with Gasteiger partial charge in [0.05, 0.1) is 34.4 Å². The normalized spacial score (nSPS) is 13.2. The highest BCUT2D eigenvalue weighted by Gasteiger charge is 2.31. The highest BCUT2D eigenvalue weighted by molar-refractivity contribution is 5.72. The monoisotopic (exact) mass is 819 g/mol. The van der Waals surface area contributed by atoms with Gasteiger partial charge in [-0.05, 0) is 51.4 Å². The third-order valence-corrected chi connectivity index (χ3v) is 10.8. The average Bonchev–Trinajstić information content (AvgIpc) is 3.18. The fourth-order valence-electron chi connectivity index (χ4n) is 7.04. The minimum absolute atomic E-state index is 0.0501. The first-order chi connectivity index (χ1) is 28.1. The third-order valence-electron chi connectivity index (χ3n) is 10.8. The van der Waals surface area contributed by atoms with E-state index in [-0.39, 0.29) is 36.2 Å². The van der Waals surface area contributed by atoms with Crippen LogP contribution in [0.25, 0.3) is 0 Å². The zero-order valence-corrected chi connectivity index (χ0v) is 38.5. The number of aliphatic carboxylic acids is 1. The fourth-order valence-corrected chi connectivity index (χ4v) is 7.04. The quantitative estimate of drug-likeness (QED) is 0.0283. The van der Waals surface area contributed by atoms with E-state index in [9.17, 15) is 19.5 Å². The van der Waals surface area contributed by atoms with E-state index in [2.05, 4.69) is 50.3 Å². The number of hydrogen-bond donors (Lipinski definition) is 1. The molecule has 0 heterocycles. The van der Waals surface area contributed by atoms with Gasteiger partial charge in [0.15, 0.2) is 12.1 Å². The van der Waals surface area contributed by atoms with Crippen LogP contribution in [0.15, 0.2) is 36.5 Å². The van der Waals surface area contributed by atoms with E-state index in [1.807, 2.05) is 21.1 Å². The molecule has 0 aliphatic heterocycles. The van der Waals surface area contributed by atoms with Crippen LogP contribution in [-0.2, 0) is 28.6 Å². The van der Waals surface area contributed by atoms with Crippen LogP contribution in [0.3, 0.4) is 0 Å². The summed E-state index contributed by atoms with van der Waals surface area (Å²) in [6.45, 7) is 4.72. The number of unbranched alkanes of at least 4 members (excludes halogenated alkanes) is 23. The van der Waals surface area contributed by atoms with Gasteiger partial charge in [-0.3, -0.25) is 9.59 Å². The van der Waals surface area contributed by atoms with Crippen molar-refractivity contribution >= 4 is 17.9 Å². The van der Waals surface area contributed by atoms with Gasteiger partial charge >= 0.3 is 17.9 Å². The molecule has 0 rings (SSSR count). The summed E-state index contributed by atoms with van der Waals surface area (Å²) in [5, 5.41) is 9.63. The van der Waals surface area contributed by atoms with E-state index in [1.165, 1.54) is 122 Å².